The Kier molecular flexibility index (Phi) is 5.23. The van der Waals surface area contributed by atoms with Crippen molar-refractivity contribution in [2.75, 3.05) is 18.1 Å². The lowest BCUT2D eigenvalue weighted by molar-refractivity contribution is -0.113. The standard InChI is InChI=1S/C20H19N3O2S/c1-13-17-9-4-5-10-18(17)22-20(23(13)3)26-12-19(25)21-16-8-6-7-15(11-16)14(2)24/h4-11H,1,12H2,2-3H3,(H,21,25). The highest BCUT2D eigenvalue weighted by Gasteiger charge is 2.21. The van der Waals surface area contributed by atoms with Crippen molar-refractivity contribution in [2.24, 2.45) is 4.99 Å². The maximum Gasteiger partial charge on any atom is 0.234 e. The zero-order chi connectivity index (χ0) is 18.7. The number of amides is 1. The smallest absolute Gasteiger partial charge is 0.234 e. The number of Topliss-reactive ketones (excluding diaryl/α,β-unsaturated/α-hetero) is 1. The molecule has 132 valence electrons. The number of anilines is 1. The second-order valence-electron chi connectivity index (χ2n) is 5.89. The van der Waals surface area contributed by atoms with Gasteiger partial charge in [-0.3, -0.25) is 9.59 Å². The molecule has 2 aromatic carbocycles. The van der Waals surface area contributed by atoms with Crippen LogP contribution in [0, 0.1) is 0 Å². The molecule has 5 nitrogen and oxygen atoms in total. The van der Waals surface area contributed by atoms with E-state index < -0.39 is 0 Å². The topological polar surface area (TPSA) is 61.8 Å². The molecule has 0 bridgehead atoms. The van der Waals surface area contributed by atoms with Gasteiger partial charge in [0.2, 0.25) is 5.91 Å². The van der Waals surface area contributed by atoms with Gasteiger partial charge in [-0.25, -0.2) is 4.99 Å². The molecule has 1 heterocycles. The summed E-state index contributed by atoms with van der Waals surface area (Å²) in [6, 6.07) is 14.7. The fourth-order valence-electron chi connectivity index (χ4n) is 2.56. The van der Waals surface area contributed by atoms with Crippen LogP contribution in [0.25, 0.3) is 5.70 Å². The molecule has 1 amide bonds. The van der Waals surface area contributed by atoms with Gasteiger partial charge >= 0.3 is 0 Å². The van der Waals surface area contributed by atoms with E-state index in [-0.39, 0.29) is 17.4 Å². The molecule has 1 aliphatic heterocycles. The number of thioether (sulfide) groups is 1. The Morgan fingerprint density at radius 1 is 1.19 bits per heavy atom. The molecule has 2 aromatic rings. The SMILES string of the molecule is C=C1c2ccccc2N=C(SCC(=O)Nc2cccc(C(C)=O)c2)N1C. The van der Waals surface area contributed by atoms with Crippen molar-refractivity contribution in [3.63, 3.8) is 0 Å². The van der Waals surface area contributed by atoms with Crippen LogP contribution in [0.1, 0.15) is 22.8 Å². The molecular formula is C20H19N3O2S. The molecule has 0 fully saturated rings. The lowest BCUT2D eigenvalue weighted by atomic mass is 10.1. The highest BCUT2D eigenvalue weighted by Crippen LogP contribution is 2.34. The van der Waals surface area contributed by atoms with Crippen molar-refractivity contribution in [3.05, 3.63) is 66.2 Å². The lowest BCUT2D eigenvalue weighted by Gasteiger charge is -2.28. The molecule has 0 aromatic heterocycles. The van der Waals surface area contributed by atoms with Crippen molar-refractivity contribution in [1.82, 2.24) is 4.90 Å². The van der Waals surface area contributed by atoms with E-state index in [1.54, 1.807) is 24.3 Å². The summed E-state index contributed by atoms with van der Waals surface area (Å²) in [6.07, 6.45) is 0. The summed E-state index contributed by atoms with van der Waals surface area (Å²) in [7, 11) is 1.89. The van der Waals surface area contributed by atoms with Gasteiger partial charge in [0.05, 0.1) is 11.4 Å². The van der Waals surface area contributed by atoms with Gasteiger partial charge in [0.15, 0.2) is 11.0 Å². The van der Waals surface area contributed by atoms with Crippen LogP contribution in [0.5, 0.6) is 0 Å². The van der Waals surface area contributed by atoms with Crippen LogP contribution in [-0.4, -0.2) is 34.6 Å². The van der Waals surface area contributed by atoms with E-state index in [2.05, 4.69) is 16.9 Å². The number of carbonyl (C=O) groups excluding carboxylic acids is 2. The molecule has 0 spiro atoms. The van der Waals surface area contributed by atoms with Gasteiger partial charge in [-0.1, -0.05) is 48.7 Å². The molecule has 26 heavy (non-hydrogen) atoms. The predicted molar refractivity (Wildman–Crippen MR) is 108 cm³/mol. The van der Waals surface area contributed by atoms with Crippen LogP contribution >= 0.6 is 11.8 Å². The fourth-order valence-corrected chi connectivity index (χ4v) is 3.36. The van der Waals surface area contributed by atoms with Crippen molar-refractivity contribution < 1.29 is 9.59 Å². The largest absolute Gasteiger partial charge is 0.325 e. The molecule has 0 saturated carbocycles. The number of carbonyl (C=O) groups is 2. The first-order chi connectivity index (χ1) is 12.5. The van der Waals surface area contributed by atoms with Crippen molar-refractivity contribution in [2.45, 2.75) is 6.92 Å². The number of hydrogen-bond acceptors (Lipinski definition) is 5. The molecule has 0 aliphatic carbocycles. The summed E-state index contributed by atoms with van der Waals surface area (Å²) in [5.74, 6) is 0.0187. The predicted octanol–water partition coefficient (Wildman–Crippen LogP) is 4.16. The maximum absolute atomic E-state index is 12.3. The van der Waals surface area contributed by atoms with Crippen LogP contribution in [0.15, 0.2) is 60.1 Å². The summed E-state index contributed by atoms with van der Waals surface area (Å²) in [5, 5.41) is 3.54. The first kappa shape index (κ1) is 17.9. The van der Waals surface area contributed by atoms with Gasteiger partial charge in [-0.05, 0) is 25.1 Å². The van der Waals surface area contributed by atoms with E-state index in [1.165, 1.54) is 18.7 Å². The number of fused-ring (bicyclic) bond motifs is 1. The van der Waals surface area contributed by atoms with E-state index in [9.17, 15) is 9.59 Å². The number of nitrogens with zero attached hydrogens (tertiary/aromatic N) is 2. The van der Waals surface area contributed by atoms with Crippen LogP contribution < -0.4 is 5.32 Å². The van der Waals surface area contributed by atoms with Gasteiger partial charge < -0.3 is 10.2 Å². The second-order valence-corrected chi connectivity index (χ2v) is 6.83. The number of amidine groups is 1. The minimum Gasteiger partial charge on any atom is -0.325 e. The van der Waals surface area contributed by atoms with Gasteiger partial charge in [-0.2, -0.15) is 0 Å². The number of benzene rings is 2. The summed E-state index contributed by atoms with van der Waals surface area (Å²) in [5.41, 5.74) is 3.88. The fraction of sp³-hybridized carbons (Fsp3) is 0.150. The number of aliphatic imine (C=N–C) groups is 1. The van der Waals surface area contributed by atoms with Crippen LogP contribution in [-0.2, 0) is 4.79 Å². The van der Waals surface area contributed by atoms with E-state index in [1.807, 2.05) is 36.2 Å². The Labute approximate surface area is 156 Å². The third kappa shape index (κ3) is 3.86. The van der Waals surface area contributed by atoms with E-state index >= 15 is 0 Å². The molecule has 0 radical (unpaired) electrons. The average molecular weight is 365 g/mol. The molecule has 3 rings (SSSR count). The summed E-state index contributed by atoms with van der Waals surface area (Å²) >= 11 is 1.35. The number of rotatable bonds is 4. The number of nitrogens with one attached hydrogen (secondary N) is 1. The summed E-state index contributed by atoms with van der Waals surface area (Å²) in [6.45, 7) is 5.61. The highest BCUT2D eigenvalue weighted by atomic mass is 32.2. The monoisotopic (exact) mass is 365 g/mol. The minimum atomic E-state index is -0.156. The highest BCUT2D eigenvalue weighted by molar-refractivity contribution is 8.14. The molecule has 1 aliphatic rings. The first-order valence-electron chi connectivity index (χ1n) is 8.10. The molecule has 0 saturated heterocycles. The van der Waals surface area contributed by atoms with Crippen LogP contribution in [0.4, 0.5) is 11.4 Å². The molecule has 1 N–H and O–H groups in total. The van der Waals surface area contributed by atoms with Crippen LogP contribution in [0.2, 0.25) is 0 Å². The van der Waals surface area contributed by atoms with E-state index in [4.69, 9.17) is 0 Å². The van der Waals surface area contributed by atoms with Crippen molar-refractivity contribution >= 4 is 45.7 Å². The van der Waals surface area contributed by atoms with E-state index in [0.29, 0.717) is 11.3 Å². The Morgan fingerprint density at radius 2 is 1.96 bits per heavy atom. The zero-order valence-electron chi connectivity index (χ0n) is 14.7. The Bertz CT molecular complexity index is 921. The van der Waals surface area contributed by atoms with Crippen molar-refractivity contribution in [3.8, 4) is 0 Å². The van der Waals surface area contributed by atoms with Crippen molar-refractivity contribution in [1.29, 1.82) is 0 Å². The van der Waals surface area contributed by atoms with Gasteiger partial charge in [0.25, 0.3) is 0 Å². The number of hydrogen-bond donors (Lipinski definition) is 1. The zero-order valence-corrected chi connectivity index (χ0v) is 15.5. The van der Waals surface area contributed by atoms with Gasteiger partial charge in [0.1, 0.15) is 0 Å². The number of ketones is 1. The Hall–Kier alpha value is -2.86. The summed E-state index contributed by atoms with van der Waals surface area (Å²) in [4.78, 5) is 30.2. The first-order valence-corrected chi connectivity index (χ1v) is 9.08. The normalized spacial score (nSPS) is 13.1. The average Bonchev–Trinajstić information content (AvgIpc) is 2.63. The molecular weight excluding hydrogens is 346 g/mol. The third-order valence-corrected chi connectivity index (χ3v) is 5.04. The quantitative estimate of drug-likeness (QED) is 0.826. The van der Waals surface area contributed by atoms with E-state index in [0.717, 1.165) is 22.1 Å². The van der Waals surface area contributed by atoms with Gasteiger partial charge in [-0.15, -0.1) is 0 Å². The second kappa shape index (κ2) is 7.58. The lowest BCUT2D eigenvalue weighted by Crippen LogP contribution is -2.26. The Morgan fingerprint density at radius 3 is 2.73 bits per heavy atom. The summed E-state index contributed by atoms with van der Waals surface area (Å²) < 4.78 is 0. The minimum absolute atomic E-state index is 0.0363. The molecule has 0 unspecified atom stereocenters. The van der Waals surface area contributed by atoms with Crippen LogP contribution in [0.3, 0.4) is 0 Å². The third-order valence-electron chi connectivity index (χ3n) is 4.01. The Balaban J connectivity index is 1.66. The van der Waals surface area contributed by atoms with Gasteiger partial charge in [0, 0.05) is 29.6 Å². The molecule has 0 atom stereocenters. The maximum atomic E-state index is 12.3. The molecule has 6 heteroatoms. The number of para-hydroxylation sites is 1.